The van der Waals surface area contributed by atoms with Gasteiger partial charge in [-0.3, -0.25) is 5.84 Å². The lowest BCUT2D eigenvalue weighted by molar-refractivity contribution is 0.294. The first-order chi connectivity index (χ1) is 14.5. The first kappa shape index (κ1) is 21.7. The second-order valence-electron chi connectivity index (χ2n) is 6.87. The zero-order valence-electron chi connectivity index (χ0n) is 17.0. The molecule has 1 heterocycles. The molecular formula is C25H26ClN3O. The number of para-hydroxylation sites is 1. The van der Waals surface area contributed by atoms with Gasteiger partial charge >= 0.3 is 0 Å². The number of halogens is 1. The van der Waals surface area contributed by atoms with E-state index < -0.39 is 0 Å². The summed E-state index contributed by atoms with van der Waals surface area (Å²) in [6, 6.07) is 9.72. The summed E-state index contributed by atoms with van der Waals surface area (Å²) < 4.78 is 5.95. The number of rotatable bonds is 7. The molecule has 0 fully saturated rings. The van der Waals surface area contributed by atoms with Crippen molar-refractivity contribution in [3.63, 3.8) is 0 Å². The zero-order chi connectivity index (χ0) is 21.5. The molecule has 0 saturated heterocycles. The van der Waals surface area contributed by atoms with Crippen LogP contribution >= 0.6 is 11.6 Å². The minimum atomic E-state index is -0.309. The maximum atomic E-state index is 6.66. The summed E-state index contributed by atoms with van der Waals surface area (Å²) in [6.45, 7) is 7.82. The van der Waals surface area contributed by atoms with E-state index in [2.05, 4.69) is 35.6 Å². The van der Waals surface area contributed by atoms with E-state index in [0.29, 0.717) is 5.03 Å². The van der Waals surface area contributed by atoms with Crippen LogP contribution in [0.4, 0.5) is 0 Å². The normalized spacial score (nSPS) is 19.2. The van der Waals surface area contributed by atoms with E-state index in [0.717, 1.165) is 40.3 Å². The molecule has 3 N–H and O–H groups in total. The Morgan fingerprint density at radius 1 is 1.30 bits per heavy atom. The van der Waals surface area contributed by atoms with Crippen LogP contribution in [0, 0.1) is 0 Å². The fourth-order valence-corrected chi connectivity index (χ4v) is 3.70. The highest BCUT2D eigenvalue weighted by molar-refractivity contribution is 6.32. The molecular weight excluding hydrogens is 394 g/mol. The van der Waals surface area contributed by atoms with Crippen LogP contribution in [0.2, 0.25) is 0 Å². The summed E-state index contributed by atoms with van der Waals surface area (Å²) in [5.74, 6) is 7.45. The molecule has 0 bridgehead atoms. The third kappa shape index (κ3) is 4.92. The van der Waals surface area contributed by atoms with Gasteiger partial charge in [-0.25, -0.2) is 5.43 Å². The minimum absolute atomic E-state index is 0.309. The van der Waals surface area contributed by atoms with E-state index in [1.54, 1.807) is 6.08 Å². The first-order valence-electron chi connectivity index (χ1n) is 9.64. The van der Waals surface area contributed by atoms with Crippen LogP contribution in [-0.2, 0) is 0 Å². The van der Waals surface area contributed by atoms with Gasteiger partial charge in [0, 0.05) is 23.4 Å². The number of hydrazine groups is 1. The van der Waals surface area contributed by atoms with Gasteiger partial charge in [-0.05, 0) is 47.9 Å². The number of ether oxygens (including phenoxy) is 1. The van der Waals surface area contributed by atoms with Gasteiger partial charge in [-0.1, -0.05) is 73.3 Å². The third-order valence-corrected chi connectivity index (χ3v) is 5.19. The molecule has 0 amide bonds. The van der Waals surface area contributed by atoms with Crippen LogP contribution in [0.5, 0.6) is 5.75 Å². The van der Waals surface area contributed by atoms with Crippen molar-refractivity contribution in [3.8, 4) is 5.75 Å². The summed E-state index contributed by atoms with van der Waals surface area (Å²) in [7, 11) is 1.98. The van der Waals surface area contributed by atoms with Crippen molar-refractivity contribution < 1.29 is 4.74 Å². The van der Waals surface area contributed by atoms with E-state index >= 15 is 0 Å². The Bertz CT molecular complexity index is 996. The van der Waals surface area contributed by atoms with E-state index in [9.17, 15) is 0 Å². The standard InChI is InChI=1S/C25H26ClN3O/c1-4-5-10-18(2)24-22(26)17-23(29(3)25(24)28-27)19-11-9-14-21(16-15-19)30-20-12-7-6-8-13-20/h4-10,12-17,25,28H,1-2,11,27H2,3H3/b10-5-. The molecule has 2 aliphatic rings. The van der Waals surface area contributed by atoms with Crippen molar-refractivity contribution in [3.05, 3.63) is 125 Å². The van der Waals surface area contributed by atoms with Crippen molar-refractivity contribution in [1.82, 2.24) is 10.3 Å². The Morgan fingerprint density at radius 2 is 2.07 bits per heavy atom. The van der Waals surface area contributed by atoms with Gasteiger partial charge < -0.3 is 9.64 Å². The topological polar surface area (TPSA) is 50.5 Å². The van der Waals surface area contributed by atoms with Crippen molar-refractivity contribution >= 4 is 11.6 Å². The summed E-state index contributed by atoms with van der Waals surface area (Å²) in [5, 5.41) is 0.601. The average molecular weight is 420 g/mol. The molecule has 1 aliphatic carbocycles. The maximum absolute atomic E-state index is 6.66. The fourth-order valence-electron chi connectivity index (χ4n) is 3.37. The molecule has 1 aromatic carbocycles. The SMILES string of the molecule is C=C/C=C\C(=C)C1=C(Cl)C=C(C2=CC=C(Oc3ccccc3)C=CC2)N(C)C1NN. The van der Waals surface area contributed by atoms with Crippen LogP contribution in [0.15, 0.2) is 125 Å². The number of benzene rings is 1. The number of likely N-dealkylation sites (N-methyl/N-ethyl adjacent to an activating group) is 1. The van der Waals surface area contributed by atoms with Gasteiger partial charge in [0.1, 0.15) is 17.7 Å². The van der Waals surface area contributed by atoms with Crippen molar-refractivity contribution in [2.75, 3.05) is 7.05 Å². The average Bonchev–Trinajstić information content (AvgIpc) is 2.99. The lowest BCUT2D eigenvalue weighted by Crippen LogP contribution is -2.49. The molecule has 1 atom stereocenters. The molecule has 3 rings (SSSR count). The van der Waals surface area contributed by atoms with Crippen molar-refractivity contribution in [2.24, 2.45) is 5.84 Å². The zero-order valence-corrected chi connectivity index (χ0v) is 17.8. The lowest BCUT2D eigenvalue weighted by atomic mass is 9.96. The van der Waals surface area contributed by atoms with Gasteiger partial charge in [0.25, 0.3) is 0 Å². The second kappa shape index (κ2) is 10.1. The van der Waals surface area contributed by atoms with Gasteiger partial charge in [0.2, 0.25) is 0 Å². The van der Waals surface area contributed by atoms with E-state index in [-0.39, 0.29) is 6.17 Å². The van der Waals surface area contributed by atoms with Gasteiger partial charge in [0.15, 0.2) is 0 Å². The van der Waals surface area contributed by atoms with E-state index in [1.165, 1.54) is 0 Å². The predicted molar refractivity (Wildman–Crippen MR) is 125 cm³/mol. The highest BCUT2D eigenvalue weighted by Gasteiger charge is 2.29. The number of hydrogen-bond acceptors (Lipinski definition) is 4. The summed E-state index contributed by atoms with van der Waals surface area (Å²) in [6.07, 6.45) is 15.8. The van der Waals surface area contributed by atoms with Crippen molar-refractivity contribution in [2.45, 2.75) is 12.6 Å². The number of nitrogens with zero attached hydrogens (tertiary/aromatic N) is 1. The third-order valence-electron chi connectivity index (χ3n) is 4.88. The van der Waals surface area contributed by atoms with Gasteiger partial charge in [0.05, 0.1) is 0 Å². The monoisotopic (exact) mass is 419 g/mol. The smallest absolute Gasteiger partial charge is 0.127 e. The highest BCUT2D eigenvalue weighted by Crippen LogP contribution is 2.35. The van der Waals surface area contributed by atoms with Gasteiger partial charge in [-0.2, -0.15) is 0 Å². The molecule has 0 radical (unpaired) electrons. The number of allylic oxidation sites excluding steroid dienone is 10. The molecule has 154 valence electrons. The van der Waals surface area contributed by atoms with Crippen LogP contribution in [0.3, 0.4) is 0 Å². The molecule has 1 unspecified atom stereocenters. The number of hydrogen-bond donors (Lipinski definition) is 2. The Hall–Kier alpha value is -3.05. The molecule has 1 aliphatic heterocycles. The quantitative estimate of drug-likeness (QED) is 0.360. The molecule has 4 nitrogen and oxygen atoms in total. The maximum Gasteiger partial charge on any atom is 0.127 e. The van der Waals surface area contributed by atoms with Crippen molar-refractivity contribution in [1.29, 1.82) is 0 Å². The van der Waals surface area contributed by atoms with Gasteiger partial charge in [-0.15, -0.1) is 0 Å². The Balaban J connectivity index is 1.91. The second-order valence-corrected chi connectivity index (χ2v) is 7.28. The predicted octanol–water partition coefficient (Wildman–Crippen LogP) is 5.25. The van der Waals surface area contributed by atoms with Crippen LogP contribution in [-0.4, -0.2) is 18.1 Å². The van der Waals surface area contributed by atoms with E-state index in [4.69, 9.17) is 22.2 Å². The van der Waals surface area contributed by atoms with Crippen LogP contribution in [0.1, 0.15) is 6.42 Å². The fraction of sp³-hybridized carbons (Fsp3) is 0.120. The summed E-state index contributed by atoms with van der Waals surface area (Å²) in [5.41, 5.74) is 6.54. The Kier molecular flexibility index (Phi) is 7.31. The molecule has 1 aromatic rings. The molecule has 30 heavy (non-hydrogen) atoms. The first-order valence-corrected chi connectivity index (χ1v) is 10.0. The Labute approximate surface area is 183 Å². The molecule has 0 spiro atoms. The largest absolute Gasteiger partial charge is 0.457 e. The summed E-state index contributed by atoms with van der Waals surface area (Å²) >= 11 is 6.66. The lowest BCUT2D eigenvalue weighted by Gasteiger charge is -2.37. The Morgan fingerprint density at radius 3 is 2.77 bits per heavy atom. The number of nitrogens with one attached hydrogen (secondary N) is 1. The number of nitrogens with two attached hydrogens (primary N) is 1. The molecule has 0 aromatic heterocycles. The van der Waals surface area contributed by atoms with Crippen LogP contribution < -0.4 is 16.0 Å². The molecule has 5 heteroatoms. The van der Waals surface area contributed by atoms with E-state index in [1.807, 2.05) is 67.8 Å². The minimum Gasteiger partial charge on any atom is -0.457 e. The molecule has 0 saturated carbocycles. The van der Waals surface area contributed by atoms with Crippen LogP contribution in [0.25, 0.3) is 0 Å². The summed E-state index contributed by atoms with van der Waals surface area (Å²) in [4.78, 5) is 2.06. The highest BCUT2D eigenvalue weighted by atomic mass is 35.5.